The van der Waals surface area contributed by atoms with E-state index in [9.17, 15) is 0 Å². The van der Waals surface area contributed by atoms with Crippen molar-refractivity contribution >= 4 is 27.7 Å². The predicted molar refractivity (Wildman–Crippen MR) is 129 cm³/mol. The first-order valence-corrected chi connectivity index (χ1v) is 11.2. The molecular formula is C26H23N5O3. The molecule has 0 unspecified atom stereocenters. The molecule has 1 fully saturated rings. The number of morpholine rings is 1. The van der Waals surface area contributed by atoms with Crippen LogP contribution in [0.15, 0.2) is 65.8 Å². The SMILES string of the molecule is COc1ccc(-c2ncnc3cc(N4CCOCC4)ccc23)cc1Cc1ncnc2ccoc12. The summed E-state index contributed by atoms with van der Waals surface area (Å²) in [5.74, 6) is 0.787. The van der Waals surface area contributed by atoms with Gasteiger partial charge >= 0.3 is 0 Å². The van der Waals surface area contributed by atoms with Gasteiger partial charge in [-0.1, -0.05) is 0 Å². The summed E-state index contributed by atoms with van der Waals surface area (Å²) in [5.41, 5.74) is 7.24. The minimum absolute atomic E-state index is 0.549. The lowest BCUT2D eigenvalue weighted by atomic mass is 10.00. The molecule has 1 aliphatic heterocycles. The van der Waals surface area contributed by atoms with Crippen molar-refractivity contribution in [2.24, 2.45) is 0 Å². The van der Waals surface area contributed by atoms with Crippen LogP contribution in [0.2, 0.25) is 0 Å². The Morgan fingerprint density at radius 3 is 2.65 bits per heavy atom. The van der Waals surface area contributed by atoms with Crippen LogP contribution < -0.4 is 9.64 Å². The highest BCUT2D eigenvalue weighted by atomic mass is 16.5. The smallest absolute Gasteiger partial charge is 0.174 e. The summed E-state index contributed by atoms with van der Waals surface area (Å²) < 4.78 is 16.8. The zero-order valence-electron chi connectivity index (χ0n) is 18.8. The third-order valence-electron chi connectivity index (χ3n) is 6.22. The first kappa shape index (κ1) is 20.6. The van der Waals surface area contributed by atoms with Gasteiger partial charge < -0.3 is 18.8 Å². The summed E-state index contributed by atoms with van der Waals surface area (Å²) in [7, 11) is 1.67. The van der Waals surface area contributed by atoms with Crippen LogP contribution in [0.25, 0.3) is 33.3 Å². The number of furan rings is 1. The molecule has 2 aromatic carbocycles. The van der Waals surface area contributed by atoms with E-state index in [1.807, 2.05) is 18.2 Å². The fraction of sp³-hybridized carbons (Fsp3) is 0.231. The van der Waals surface area contributed by atoms with Crippen molar-refractivity contribution in [2.75, 3.05) is 38.3 Å². The summed E-state index contributed by atoms with van der Waals surface area (Å²) in [6.45, 7) is 3.27. The quantitative estimate of drug-likeness (QED) is 0.390. The summed E-state index contributed by atoms with van der Waals surface area (Å²) in [5, 5.41) is 1.01. The van der Waals surface area contributed by atoms with E-state index in [-0.39, 0.29) is 0 Å². The van der Waals surface area contributed by atoms with E-state index in [0.717, 1.165) is 76.7 Å². The van der Waals surface area contributed by atoms with Gasteiger partial charge in [0.2, 0.25) is 0 Å². The largest absolute Gasteiger partial charge is 0.496 e. The van der Waals surface area contributed by atoms with E-state index in [0.29, 0.717) is 12.0 Å². The highest BCUT2D eigenvalue weighted by molar-refractivity contribution is 5.94. The molecule has 6 rings (SSSR count). The number of rotatable bonds is 5. The number of nitrogens with zero attached hydrogens (tertiary/aromatic N) is 5. The van der Waals surface area contributed by atoms with E-state index in [1.54, 1.807) is 26.0 Å². The average Bonchev–Trinajstić information content (AvgIpc) is 3.39. The van der Waals surface area contributed by atoms with Crippen LogP contribution in [0.1, 0.15) is 11.3 Å². The number of anilines is 1. The van der Waals surface area contributed by atoms with Gasteiger partial charge in [0.05, 0.1) is 43.5 Å². The molecule has 170 valence electrons. The molecule has 0 amide bonds. The Morgan fingerprint density at radius 1 is 0.912 bits per heavy atom. The maximum atomic E-state index is 5.65. The Balaban J connectivity index is 1.40. The second-order valence-corrected chi connectivity index (χ2v) is 8.18. The lowest BCUT2D eigenvalue weighted by Gasteiger charge is -2.29. The maximum Gasteiger partial charge on any atom is 0.174 e. The number of methoxy groups -OCH3 is 1. The number of fused-ring (bicyclic) bond motifs is 2. The van der Waals surface area contributed by atoms with Crippen molar-refractivity contribution in [2.45, 2.75) is 6.42 Å². The molecule has 0 atom stereocenters. The molecule has 1 aliphatic rings. The Kier molecular flexibility index (Phi) is 5.27. The normalized spacial score (nSPS) is 14.1. The van der Waals surface area contributed by atoms with E-state index in [2.05, 4.69) is 49.1 Å². The zero-order valence-corrected chi connectivity index (χ0v) is 18.8. The van der Waals surface area contributed by atoms with Gasteiger partial charge in [0.1, 0.15) is 23.9 Å². The Morgan fingerprint density at radius 2 is 1.76 bits per heavy atom. The first-order valence-electron chi connectivity index (χ1n) is 11.2. The number of aromatic nitrogens is 4. The van der Waals surface area contributed by atoms with Gasteiger partial charge in [-0.2, -0.15) is 0 Å². The van der Waals surface area contributed by atoms with Crippen molar-refractivity contribution in [3.8, 4) is 17.0 Å². The fourth-order valence-corrected chi connectivity index (χ4v) is 4.50. The molecule has 0 saturated carbocycles. The van der Waals surface area contributed by atoms with E-state index in [4.69, 9.17) is 13.9 Å². The number of hydrogen-bond donors (Lipinski definition) is 0. The van der Waals surface area contributed by atoms with Crippen molar-refractivity contribution in [1.29, 1.82) is 0 Å². The molecule has 0 bridgehead atoms. The van der Waals surface area contributed by atoms with Gasteiger partial charge in [-0.3, -0.25) is 0 Å². The minimum Gasteiger partial charge on any atom is -0.496 e. The molecule has 8 nitrogen and oxygen atoms in total. The molecule has 5 aromatic rings. The van der Waals surface area contributed by atoms with Crippen LogP contribution in [0.5, 0.6) is 5.75 Å². The summed E-state index contributed by atoms with van der Waals surface area (Å²) in [6.07, 6.45) is 5.37. The van der Waals surface area contributed by atoms with Gasteiger partial charge in [-0.15, -0.1) is 0 Å². The Hall–Kier alpha value is -4.04. The molecule has 3 aromatic heterocycles. The third-order valence-corrected chi connectivity index (χ3v) is 6.22. The second kappa shape index (κ2) is 8.72. The van der Waals surface area contributed by atoms with E-state index in [1.165, 1.54) is 0 Å². The van der Waals surface area contributed by atoms with Crippen LogP contribution in [0, 0.1) is 0 Å². The zero-order chi connectivity index (χ0) is 22.9. The van der Waals surface area contributed by atoms with E-state index < -0.39 is 0 Å². The highest BCUT2D eigenvalue weighted by Crippen LogP contribution is 2.33. The summed E-state index contributed by atoms with van der Waals surface area (Å²) in [4.78, 5) is 20.2. The Labute approximate surface area is 196 Å². The van der Waals surface area contributed by atoms with Gasteiger partial charge in [0, 0.05) is 47.8 Å². The summed E-state index contributed by atoms with van der Waals surface area (Å²) >= 11 is 0. The van der Waals surface area contributed by atoms with Gasteiger partial charge in [-0.05, 0) is 36.4 Å². The van der Waals surface area contributed by atoms with Crippen LogP contribution in [0.4, 0.5) is 5.69 Å². The van der Waals surface area contributed by atoms with Crippen molar-refractivity contribution in [3.05, 3.63) is 72.6 Å². The highest BCUT2D eigenvalue weighted by Gasteiger charge is 2.16. The monoisotopic (exact) mass is 453 g/mol. The van der Waals surface area contributed by atoms with E-state index >= 15 is 0 Å². The molecule has 34 heavy (non-hydrogen) atoms. The molecule has 0 aliphatic carbocycles. The van der Waals surface area contributed by atoms with Crippen molar-refractivity contribution in [1.82, 2.24) is 19.9 Å². The predicted octanol–water partition coefficient (Wildman–Crippen LogP) is 4.27. The first-order chi connectivity index (χ1) is 16.8. The molecule has 8 heteroatoms. The van der Waals surface area contributed by atoms with Gasteiger partial charge in [0.15, 0.2) is 5.58 Å². The van der Waals surface area contributed by atoms with Gasteiger partial charge in [-0.25, -0.2) is 19.9 Å². The van der Waals surface area contributed by atoms with Crippen LogP contribution in [-0.2, 0) is 11.2 Å². The Bertz CT molecular complexity index is 1480. The standard InChI is InChI=1S/C26H23N5O3/c1-32-24-5-2-17(12-18(24)13-23-26-21(6-9-34-26)27-15-29-23)25-20-4-3-19(14-22(20)28-16-30-25)31-7-10-33-11-8-31/h2-6,9,12,14-16H,7-8,10-11,13H2,1H3. The topological polar surface area (TPSA) is 86.4 Å². The lowest BCUT2D eigenvalue weighted by Crippen LogP contribution is -2.36. The summed E-state index contributed by atoms with van der Waals surface area (Å²) in [6, 6.07) is 14.3. The third kappa shape index (κ3) is 3.72. The van der Waals surface area contributed by atoms with Crippen LogP contribution >= 0.6 is 0 Å². The molecule has 0 N–H and O–H groups in total. The molecular weight excluding hydrogens is 430 g/mol. The molecule has 1 saturated heterocycles. The van der Waals surface area contributed by atoms with Crippen LogP contribution in [-0.4, -0.2) is 53.3 Å². The van der Waals surface area contributed by atoms with Crippen molar-refractivity contribution < 1.29 is 13.9 Å². The molecule has 0 spiro atoms. The fourth-order valence-electron chi connectivity index (χ4n) is 4.50. The minimum atomic E-state index is 0.549. The van der Waals surface area contributed by atoms with Gasteiger partial charge in [0.25, 0.3) is 0 Å². The number of ether oxygens (including phenoxy) is 2. The van der Waals surface area contributed by atoms with Crippen LogP contribution in [0.3, 0.4) is 0 Å². The average molecular weight is 454 g/mol. The maximum absolute atomic E-state index is 5.65. The number of benzene rings is 2. The number of hydrogen-bond acceptors (Lipinski definition) is 8. The molecule has 4 heterocycles. The second-order valence-electron chi connectivity index (χ2n) is 8.18. The lowest BCUT2D eigenvalue weighted by molar-refractivity contribution is 0.122. The molecule has 0 radical (unpaired) electrons. The van der Waals surface area contributed by atoms with Crippen molar-refractivity contribution in [3.63, 3.8) is 0 Å².